The van der Waals surface area contributed by atoms with Crippen LogP contribution < -0.4 is 5.32 Å². The van der Waals surface area contributed by atoms with Gasteiger partial charge in [-0.15, -0.1) is 0 Å². The first-order chi connectivity index (χ1) is 11.7. The molecule has 0 spiro atoms. The molecule has 9 heteroatoms. The third kappa shape index (κ3) is 3.65. The normalized spacial score (nSPS) is 17.7. The van der Waals surface area contributed by atoms with Crippen molar-refractivity contribution in [3.63, 3.8) is 0 Å². The Hall–Kier alpha value is -2.84. The molecule has 1 aliphatic rings. The highest BCUT2D eigenvalue weighted by atomic mass is 16.6. The highest BCUT2D eigenvalue weighted by Crippen LogP contribution is 2.27. The lowest BCUT2D eigenvalue weighted by atomic mass is 10.2. The quantitative estimate of drug-likeness (QED) is 0.676. The number of nitrogens with one attached hydrogen (secondary N) is 1. The van der Waals surface area contributed by atoms with E-state index in [-0.39, 0.29) is 23.8 Å². The Labute approximate surface area is 144 Å². The molecule has 2 aromatic rings. The molecule has 3 heterocycles. The number of nitrogens with zero attached hydrogens (tertiary/aromatic N) is 4. The minimum atomic E-state index is -0.553. The van der Waals surface area contributed by atoms with Crippen LogP contribution in [-0.4, -0.2) is 50.0 Å². The monoisotopic (exact) mass is 347 g/mol. The Bertz CT molecular complexity index is 810. The summed E-state index contributed by atoms with van der Waals surface area (Å²) >= 11 is 0. The fraction of sp³-hybridized carbons (Fsp3) is 0.500. The Morgan fingerprint density at radius 3 is 2.88 bits per heavy atom. The molecule has 1 unspecified atom stereocenters. The summed E-state index contributed by atoms with van der Waals surface area (Å²) in [6.07, 6.45) is 1.90. The predicted octanol–water partition coefficient (Wildman–Crippen LogP) is 2.66. The van der Waals surface area contributed by atoms with Gasteiger partial charge in [0.25, 0.3) is 0 Å². The number of hydrogen-bond acceptors (Lipinski definition) is 6. The van der Waals surface area contributed by atoms with Gasteiger partial charge in [0.05, 0.1) is 6.20 Å². The van der Waals surface area contributed by atoms with Crippen LogP contribution in [0.25, 0.3) is 5.65 Å². The maximum Gasteiger partial charge on any atom is 0.410 e. The summed E-state index contributed by atoms with van der Waals surface area (Å²) in [5.41, 5.74) is -0.0538. The van der Waals surface area contributed by atoms with Crippen molar-refractivity contribution in [2.75, 3.05) is 18.4 Å². The van der Waals surface area contributed by atoms with Gasteiger partial charge in [0, 0.05) is 25.2 Å². The molecule has 0 bridgehead atoms. The van der Waals surface area contributed by atoms with E-state index in [1.807, 2.05) is 20.8 Å². The first kappa shape index (κ1) is 17.0. The molecule has 1 atom stereocenters. The van der Waals surface area contributed by atoms with E-state index < -0.39 is 10.5 Å². The molecule has 1 amide bonds. The summed E-state index contributed by atoms with van der Waals surface area (Å²) in [5, 5.41) is 14.5. The second kappa shape index (κ2) is 6.23. The van der Waals surface area contributed by atoms with Crippen molar-refractivity contribution in [2.45, 2.75) is 38.8 Å². The van der Waals surface area contributed by atoms with Crippen LogP contribution in [0, 0.1) is 10.1 Å². The van der Waals surface area contributed by atoms with Gasteiger partial charge in [-0.2, -0.15) is 9.38 Å². The van der Waals surface area contributed by atoms with E-state index in [9.17, 15) is 14.9 Å². The molecule has 2 aromatic heterocycles. The van der Waals surface area contributed by atoms with Crippen LogP contribution in [-0.2, 0) is 4.74 Å². The second-order valence-corrected chi connectivity index (χ2v) is 7.03. The fourth-order valence-electron chi connectivity index (χ4n) is 2.82. The lowest BCUT2D eigenvalue weighted by Gasteiger charge is -2.24. The van der Waals surface area contributed by atoms with E-state index in [1.54, 1.807) is 29.3 Å². The van der Waals surface area contributed by atoms with Crippen LogP contribution in [0.15, 0.2) is 24.4 Å². The van der Waals surface area contributed by atoms with Gasteiger partial charge in [-0.25, -0.2) is 4.79 Å². The third-order valence-corrected chi connectivity index (χ3v) is 3.86. The fourth-order valence-corrected chi connectivity index (χ4v) is 2.82. The van der Waals surface area contributed by atoms with Crippen molar-refractivity contribution in [1.29, 1.82) is 0 Å². The number of likely N-dealkylation sites (tertiary alicyclic amines) is 1. The molecule has 1 N–H and O–H groups in total. The molecule has 9 nitrogen and oxygen atoms in total. The number of anilines is 1. The van der Waals surface area contributed by atoms with Crippen molar-refractivity contribution >= 4 is 23.4 Å². The smallest absolute Gasteiger partial charge is 0.410 e. The van der Waals surface area contributed by atoms with Crippen molar-refractivity contribution in [2.24, 2.45) is 0 Å². The highest BCUT2D eigenvalue weighted by molar-refractivity contribution is 5.69. The summed E-state index contributed by atoms with van der Waals surface area (Å²) in [5.74, 6) is 0.110. The second-order valence-electron chi connectivity index (χ2n) is 7.03. The summed E-state index contributed by atoms with van der Waals surface area (Å²) in [6.45, 7) is 6.40. The number of amides is 1. The first-order valence-electron chi connectivity index (χ1n) is 8.10. The van der Waals surface area contributed by atoms with Crippen LogP contribution in [0.1, 0.15) is 27.2 Å². The molecule has 1 saturated heterocycles. The molecule has 134 valence electrons. The van der Waals surface area contributed by atoms with Crippen molar-refractivity contribution in [3.8, 4) is 0 Å². The van der Waals surface area contributed by atoms with Crippen molar-refractivity contribution in [3.05, 3.63) is 34.5 Å². The topological polar surface area (TPSA) is 102 Å². The van der Waals surface area contributed by atoms with E-state index in [1.165, 1.54) is 4.40 Å². The van der Waals surface area contributed by atoms with Crippen molar-refractivity contribution < 1.29 is 14.5 Å². The van der Waals surface area contributed by atoms with Gasteiger partial charge in [0.1, 0.15) is 5.60 Å². The summed E-state index contributed by atoms with van der Waals surface area (Å²) in [4.78, 5) is 29.0. The van der Waals surface area contributed by atoms with Gasteiger partial charge >= 0.3 is 11.9 Å². The number of fused-ring (bicyclic) bond motifs is 1. The Balaban J connectivity index is 1.74. The number of carbonyl (C=O) groups is 1. The van der Waals surface area contributed by atoms with Crippen LogP contribution in [0.5, 0.6) is 0 Å². The van der Waals surface area contributed by atoms with E-state index in [2.05, 4.69) is 10.3 Å². The minimum absolute atomic E-state index is 0.105. The number of rotatable bonds is 3. The lowest BCUT2D eigenvalue weighted by Crippen LogP contribution is -2.36. The Morgan fingerprint density at radius 1 is 1.44 bits per heavy atom. The molecular formula is C16H21N5O4. The molecule has 0 radical (unpaired) electrons. The maximum atomic E-state index is 12.1. The van der Waals surface area contributed by atoms with Gasteiger partial charge in [0.15, 0.2) is 0 Å². The number of carbonyl (C=O) groups excluding carboxylic acids is 1. The van der Waals surface area contributed by atoms with Crippen LogP contribution >= 0.6 is 0 Å². The molecule has 1 fully saturated rings. The number of aromatic nitrogens is 2. The molecule has 0 aromatic carbocycles. The maximum absolute atomic E-state index is 12.1. The number of imidazole rings is 1. The van der Waals surface area contributed by atoms with Crippen LogP contribution in [0.4, 0.5) is 16.4 Å². The number of hydrogen-bond donors (Lipinski definition) is 1. The van der Waals surface area contributed by atoms with E-state index in [4.69, 9.17) is 4.74 Å². The largest absolute Gasteiger partial charge is 0.444 e. The van der Waals surface area contributed by atoms with Gasteiger partial charge in [-0.3, -0.25) is 0 Å². The standard InChI is InChI=1S/C16H21N5O4/c1-16(2,3)25-15(22)19-9-7-11(10-19)17-13-14(21(23)24)20-8-5-4-6-12(20)18-13/h4-6,8,11,17H,7,9-10H2,1-3H3. The lowest BCUT2D eigenvalue weighted by molar-refractivity contribution is -0.389. The van der Waals surface area contributed by atoms with Crippen LogP contribution in [0.2, 0.25) is 0 Å². The zero-order chi connectivity index (χ0) is 18.2. The summed E-state index contributed by atoms with van der Waals surface area (Å²) in [7, 11) is 0. The Kier molecular flexibility index (Phi) is 4.23. The molecule has 0 saturated carbocycles. The summed E-state index contributed by atoms with van der Waals surface area (Å²) in [6, 6.07) is 5.08. The predicted molar refractivity (Wildman–Crippen MR) is 91.7 cm³/mol. The number of ether oxygens (including phenoxy) is 1. The van der Waals surface area contributed by atoms with Crippen LogP contribution in [0.3, 0.4) is 0 Å². The third-order valence-electron chi connectivity index (χ3n) is 3.86. The average molecular weight is 347 g/mol. The SMILES string of the molecule is CC(C)(C)OC(=O)N1CCC(Nc2nc3ccccn3c2[N+](=O)[O-])C1. The highest BCUT2D eigenvalue weighted by Gasteiger charge is 2.32. The van der Waals surface area contributed by atoms with E-state index in [0.717, 1.165) is 0 Å². The van der Waals surface area contributed by atoms with Gasteiger partial charge in [-0.05, 0) is 38.2 Å². The first-order valence-corrected chi connectivity index (χ1v) is 8.10. The molecule has 0 aliphatic carbocycles. The zero-order valence-electron chi connectivity index (χ0n) is 14.4. The van der Waals surface area contributed by atoms with Gasteiger partial charge in [0.2, 0.25) is 11.5 Å². The van der Waals surface area contributed by atoms with E-state index >= 15 is 0 Å². The molecule has 1 aliphatic heterocycles. The summed E-state index contributed by atoms with van der Waals surface area (Å²) < 4.78 is 6.79. The van der Waals surface area contributed by atoms with Crippen molar-refractivity contribution in [1.82, 2.24) is 14.3 Å². The minimum Gasteiger partial charge on any atom is -0.444 e. The van der Waals surface area contributed by atoms with Gasteiger partial charge in [-0.1, -0.05) is 6.07 Å². The van der Waals surface area contributed by atoms with E-state index in [0.29, 0.717) is 25.2 Å². The number of pyridine rings is 1. The molecule has 25 heavy (non-hydrogen) atoms. The zero-order valence-corrected chi connectivity index (χ0v) is 14.4. The average Bonchev–Trinajstić information content (AvgIpc) is 3.09. The number of nitro groups is 1. The molecular weight excluding hydrogens is 326 g/mol. The Morgan fingerprint density at radius 2 is 2.20 bits per heavy atom. The van der Waals surface area contributed by atoms with Gasteiger partial charge < -0.3 is 25.1 Å². The molecule has 3 rings (SSSR count).